The molecule has 24 heavy (non-hydrogen) atoms. The largest absolute Gasteiger partial charge is 0.423 e. The summed E-state index contributed by atoms with van der Waals surface area (Å²) in [7, 11) is 0. The highest BCUT2D eigenvalue weighted by Gasteiger charge is 2.20. The molecule has 0 radical (unpaired) electrons. The third kappa shape index (κ3) is 3.26. The van der Waals surface area contributed by atoms with Crippen LogP contribution < -0.4 is 4.90 Å². The van der Waals surface area contributed by atoms with Crippen molar-refractivity contribution in [1.29, 1.82) is 0 Å². The van der Waals surface area contributed by atoms with Gasteiger partial charge >= 0.3 is 0 Å². The van der Waals surface area contributed by atoms with Crippen LogP contribution in [-0.4, -0.2) is 47.6 Å². The van der Waals surface area contributed by atoms with Crippen LogP contribution in [0, 0.1) is 6.92 Å². The summed E-state index contributed by atoms with van der Waals surface area (Å²) in [4.78, 5) is 13.8. The molecule has 1 fully saturated rings. The SMILES string of the molecule is Cc1ccc2oc(N3CCN(CCc4ccccn4)CC3)nc2c1. The van der Waals surface area contributed by atoms with Crippen molar-refractivity contribution >= 4 is 17.1 Å². The molecule has 3 heterocycles. The van der Waals surface area contributed by atoms with Crippen LogP contribution in [0.1, 0.15) is 11.3 Å². The van der Waals surface area contributed by atoms with Gasteiger partial charge in [0.15, 0.2) is 5.58 Å². The van der Waals surface area contributed by atoms with Gasteiger partial charge in [0.2, 0.25) is 0 Å². The average molecular weight is 322 g/mol. The van der Waals surface area contributed by atoms with E-state index in [4.69, 9.17) is 4.42 Å². The molecule has 124 valence electrons. The van der Waals surface area contributed by atoms with Crippen LogP contribution in [0.3, 0.4) is 0 Å². The number of nitrogens with zero attached hydrogens (tertiary/aromatic N) is 4. The second-order valence-corrected chi connectivity index (χ2v) is 6.37. The van der Waals surface area contributed by atoms with Crippen molar-refractivity contribution in [3.63, 3.8) is 0 Å². The van der Waals surface area contributed by atoms with Gasteiger partial charge in [-0.15, -0.1) is 0 Å². The van der Waals surface area contributed by atoms with Gasteiger partial charge in [-0.25, -0.2) is 0 Å². The van der Waals surface area contributed by atoms with Crippen molar-refractivity contribution in [3.8, 4) is 0 Å². The Morgan fingerprint density at radius 1 is 1.08 bits per heavy atom. The third-order valence-corrected chi connectivity index (χ3v) is 4.58. The molecular formula is C19H22N4O. The van der Waals surface area contributed by atoms with Gasteiger partial charge in [0.25, 0.3) is 6.01 Å². The highest BCUT2D eigenvalue weighted by Crippen LogP contribution is 2.23. The average Bonchev–Trinajstić information content (AvgIpc) is 3.04. The predicted molar refractivity (Wildman–Crippen MR) is 95.3 cm³/mol. The number of aromatic nitrogens is 2. The molecule has 0 unspecified atom stereocenters. The van der Waals surface area contributed by atoms with E-state index in [0.29, 0.717) is 0 Å². The van der Waals surface area contributed by atoms with E-state index in [2.05, 4.69) is 51.0 Å². The van der Waals surface area contributed by atoms with Crippen LogP contribution in [0.4, 0.5) is 6.01 Å². The summed E-state index contributed by atoms with van der Waals surface area (Å²) >= 11 is 0. The minimum atomic E-state index is 0.750. The zero-order valence-electron chi connectivity index (χ0n) is 14.0. The van der Waals surface area contributed by atoms with Gasteiger partial charge in [0.05, 0.1) is 0 Å². The Hall–Kier alpha value is -2.40. The first-order valence-electron chi connectivity index (χ1n) is 8.52. The standard InChI is InChI=1S/C19H22N4O/c1-15-5-6-18-17(14-15)21-19(24-18)23-12-10-22(11-13-23)9-7-16-4-2-3-8-20-16/h2-6,8,14H,7,9-13H2,1H3. The molecule has 0 saturated carbocycles. The maximum Gasteiger partial charge on any atom is 0.298 e. The van der Waals surface area contributed by atoms with Crippen LogP contribution in [-0.2, 0) is 6.42 Å². The number of fused-ring (bicyclic) bond motifs is 1. The monoisotopic (exact) mass is 322 g/mol. The molecular weight excluding hydrogens is 300 g/mol. The Morgan fingerprint density at radius 3 is 2.75 bits per heavy atom. The summed E-state index contributed by atoms with van der Waals surface area (Å²) in [5, 5.41) is 0. The minimum absolute atomic E-state index is 0.750. The molecule has 1 aromatic carbocycles. The van der Waals surface area contributed by atoms with E-state index < -0.39 is 0 Å². The fraction of sp³-hybridized carbons (Fsp3) is 0.368. The molecule has 1 aliphatic heterocycles. The van der Waals surface area contributed by atoms with E-state index in [-0.39, 0.29) is 0 Å². The maximum atomic E-state index is 5.91. The number of piperazine rings is 1. The van der Waals surface area contributed by atoms with Crippen LogP contribution in [0.2, 0.25) is 0 Å². The highest BCUT2D eigenvalue weighted by molar-refractivity contribution is 5.75. The zero-order chi connectivity index (χ0) is 16.4. The van der Waals surface area contributed by atoms with E-state index in [1.165, 1.54) is 5.56 Å². The predicted octanol–water partition coefficient (Wildman–Crippen LogP) is 2.90. The highest BCUT2D eigenvalue weighted by atomic mass is 16.4. The normalized spacial score (nSPS) is 16.0. The fourth-order valence-electron chi connectivity index (χ4n) is 3.14. The Labute approximate surface area is 141 Å². The van der Waals surface area contributed by atoms with E-state index in [1.54, 1.807) is 0 Å². The maximum absolute atomic E-state index is 5.91. The molecule has 1 saturated heterocycles. The van der Waals surface area contributed by atoms with Crippen molar-refractivity contribution < 1.29 is 4.42 Å². The summed E-state index contributed by atoms with van der Waals surface area (Å²) in [6, 6.07) is 13.0. The summed E-state index contributed by atoms with van der Waals surface area (Å²) in [6.45, 7) is 7.10. The van der Waals surface area contributed by atoms with E-state index >= 15 is 0 Å². The Balaban J connectivity index is 1.35. The minimum Gasteiger partial charge on any atom is -0.423 e. The van der Waals surface area contributed by atoms with E-state index in [0.717, 1.165) is 62.0 Å². The number of aryl methyl sites for hydroxylation is 1. The summed E-state index contributed by atoms with van der Waals surface area (Å²) in [5.74, 6) is 0. The molecule has 5 heteroatoms. The number of anilines is 1. The summed E-state index contributed by atoms with van der Waals surface area (Å²) < 4.78 is 5.91. The van der Waals surface area contributed by atoms with E-state index in [9.17, 15) is 0 Å². The van der Waals surface area contributed by atoms with Gasteiger partial charge in [0.1, 0.15) is 5.52 Å². The fourth-order valence-corrected chi connectivity index (χ4v) is 3.14. The molecule has 3 aromatic rings. The number of rotatable bonds is 4. The number of hydrogen-bond acceptors (Lipinski definition) is 5. The quantitative estimate of drug-likeness (QED) is 0.739. The molecule has 0 atom stereocenters. The number of oxazole rings is 1. The van der Waals surface area contributed by atoms with Gasteiger partial charge in [-0.3, -0.25) is 9.88 Å². The van der Waals surface area contributed by atoms with Gasteiger partial charge in [-0.1, -0.05) is 12.1 Å². The Bertz CT molecular complexity index is 807. The van der Waals surface area contributed by atoms with Crippen molar-refractivity contribution in [1.82, 2.24) is 14.9 Å². The molecule has 4 rings (SSSR count). The van der Waals surface area contributed by atoms with Crippen LogP contribution in [0.15, 0.2) is 47.0 Å². The topological polar surface area (TPSA) is 45.4 Å². The molecule has 0 bridgehead atoms. The van der Waals surface area contributed by atoms with Crippen LogP contribution in [0.25, 0.3) is 11.1 Å². The van der Waals surface area contributed by atoms with Crippen molar-refractivity contribution in [2.45, 2.75) is 13.3 Å². The third-order valence-electron chi connectivity index (χ3n) is 4.58. The summed E-state index contributed by atoms with van der Waals surface area (Å²) in [5.41, 5.74) is 4.19. The first-order chi connectivity index (χ1) is 11.8. The van der Waals surface area contributed by atoms with Gasteiger partial charge < -0.3 is 9.32 Å². The van der Waals surface area contributed by atoms with Crippen LogP contribution >= 0.6 is 0 Å². The van der Waals surface area contributed by atoms with Crippen molar-refractivity contribution in [2.24, 2.45) is 0 Å². The Morgan fingerprint density at radius 2 is 1.96 bits per heavy atom. The smallest absolute Gasteiger partial charge is 0.298 e. The first kappa shape index (κ1) is 15.1. The van der Waals surface area contributed by atoms with Gasteiger partial charge in [-0.05, 0) is 36.8 Å². The number of pyridine rings is 1. The molecule has 0 N–H and O–H groups in total. The lowest BCUT2D eigenvalue weighted by Gasteiger charge is -2.33. The Kier molecular flexibility index (Phi) is 4.17. The molecule has 1 aliphatic rings. The second kappa shape index (κ2) is 6.61. The lowest BCUT2D eigenvalue weighted by atomic mass is 10.2. The molecule has 0 aliphatic carbocycles. The molecule has 2 aromatic heterocycles. The summed E-state index contributed by atoms with van der Waals surface area (Å²) in [6.07, 6.45) is 2.87. The molecule has 5 nitrogen and oxygen atoms in total. The lowest BCUT2D eigenvalue weighted by molar-refractivity contribution is 0.255. The second-order valence-electron chi connectivity index (χ2n) is 6.37. The first-order valence-corrected chi connectivity index (χ1v) is 8.52. The van der Waals surface area contributed by atoms with Gasteiger partial charge in [0, 0.05) is 51.0 Å². The zero-order valence-corrected chi connectivity index (χ0v) is 14.0. The van der Waals surface area contributed by atoms with Crippen molar-refractivity contribution in [3.05, 3.63) is 53.9 Å². The lowest BCUT2D eigenvalue weighted by Crippen LogP contribution is -2.47. The molecule has 0 spiro atoms. The number of hydrogen-bond donors (Lipinski definition) is 0. The van der Waals surface area contributed by atoms with Gasteiger partial charge in [-0.2, -0.15) is 4.98 Å². The van der Waals surface area contributed by atoms with Crippen LogP contribution in [0.5, 0.6) is 0 Å². The van der Waals surface area contributed by atoms with Crippen molar-refractivity contribution in [2.75, 3.05) is 37.6 Å². The van der Waals surface area contributed by atoms with E-state index in [1.807, 2.05) is 18.3 Å². The number of benzene rings is 1. The molecule has 0 amide bonds.